The molecular formula is C12H14N2O2. The molecule has 2 aromatic heterocycles. The van der Waals surface area contributed by atoms with Crippen LogP contribution in [0.3, 0.4) is 0 Å². The summed E-state index contributed by atoms with van der Waals surface area (Å²) in [7, 11) is 3.25. The number of allylic oxidation sites excluding steroid dienone is 1. The number of fused-ring (bicyclic) bond motifs is 1. The number of nitrogens with zero attached hydrogens (tertiary/aromatic N) is 1. The summed E-state index contributed by atoms with van der Waals surface area (Å²) >= 11 is 0. The van der Waals surface area contributed by atoms with Gasteiger partial charge in [-0.15, -0.1) is 0 Å². The number of nitrogens with one attached hydrogen (secondary N) is 1. The van der Waals surface area contributed by atoms with Gasteiger partial charge in [0.15, 0.2) is 0 Å². The van der Waals surface area contributed by atoms with Crippen LogP contribution in [-0.4, -0.2) is 30.5 Å². The Morgan fingerprint density at radius 2 is 2.25 bits per heavy atom. The van der Waals surface area contributed by atoms with Crippen LogP contribution < -0.4 is 0 Å². The summed E-state index contributed by atoms with van der Waals surface area (Å²) in [5.74, 6) is 0. The number of carbonyl (C=O) groups excluding carboxylic acids is 1. The lowest BCUT2D eigenvalue weighted by atomic mass is 10.1. The van der Waals surface area contributed by atoms with Crippen molar-refractivity contribution in [1.29, 1.82) is 0 Å². The molecule has 0 radical (unpaired) electrons. The van der Waals surface area contributed by atoms with Gasteiger partial charge in [-0.3, -0.25) is 9.78 Å². The largest absolute Gasteiger partial charge is 0.388 e. The highest BCUT2D eigenvalue weighted by Gasteiger charge is 2.04. The molecule has 16 heavy (non-hydrogen) atoms. The molecule has 0 aliphatic heterocycles. The van der Waals surface area contributed by atoms with Gasteiger partial charge in [0.2, 0.25) is 0 Å². The van der Waals surface area contributed by atoms with E-state index in [9.17, 15) is 4.79 Å². The van der Waals surface area contributed by atoms with Gasteiger partial charge in [0.1, 0.15) is 6.29 Å². The summed E-state index contributed by atoms with van der Waals surface area (Å²) in [6.07, 6.45) is 5.93. The number of aromatic amines is 1. The third kappa shape index (κ3) is 2.55. The quantitative estimate of drug-likeness (QED) is 0.620. The van der Waals surface area contributed by atoms with Gasteiger partial charge in [-0.1, -0.05) is 6.58 Å². The fourth-order valence-corrected chi connectivity index (χ4v) is 1.29. The molecule has 0 spiro atoms. The maximum Gasteiger partial charge on any atom is 0.150 e. The average Bonchev–Trinajstić information content (AvgIpc) is 2.73. The van der Waals surface area contributed by atoms with Gasteiger partial charge < -0.3 is 9.72 Å². The fourth-order valence-electron chi connectivity index (χ4n) is 1.29. The Morgan fingerprint density at radius 1 is 1.56 bits per heavy atom. The normalized spacial score (nSPS) is 9.38. The Balaban J connectivity index is 0.000000386. The molecule has 4 heteroatoms. The van der Waals surface area contributed by atoms with Crippen molar-refractivity contribution in [3.05, 3.63) is 36.8 Å². The zero-order valence-corrected chi connectivity index (χ0v) is 9.36. The van der Waals surface area contributed by atoms with E-state index in [4.69, 9.17) is 0 Å². The lowest BCUT2D eigenvalue weighted by molar-refractivity contribution is -0.103. The second-order valence-electron chi connectivity index (χ2n) is 3.17. The van der Waals surface area contributed by atoms with Gasteiger partial charge in [0.25, 0.3) is 0 Å². The lowest BCUT2D eigenvalue weighted by Gasteiger charge is -1.93. The van der Waals surface area contributed by atoms with Crippen molar-refractivity contribution in [2.45, 2.75) is 0 Å². The predicted molar refractivity (Wildman–Crippen MR) is 64.1 cm³/mol. The van der Waals surface area contributed by atoms with Crippen LogP contribution in [0, 0.1) is 0 Å². The van der Waals surface area contributed by atoms with Crippen LogP contribution in [0.2, 0.25) is 0 Å². The SMILES string of the molecule is C=C(C=O)c1c[nH]c2ccncc12.COC. The van der Waals surface area contributed by atoms with Crippen molar-refractivity contribution in [3.8, 4) is 0 Å². The number of hydrogen-bond acceptors (Lipinski definition) is 3. The van der Waals surface area contributed by atoms with E-state index in [0.29, 0.717) is 5.57 Å². The Morgan fingerprint density at radius 3 is 2.88 bits per heavy atom. The van der Waals surface area contributed by atoms with Gasteiger partial charge in [-0.2, -0.15) is 0 Å². The summed E-state index contributed by atoms with van der Waals surface area (Å²) in [6, 6.07) is 1.86. The highest BCUT2D eigenvalue weighted by Crippen LogP contribution is 2.21. The first-order valence-electron chi connectivity index (χ1n) is 4.70. The van der Waals surface area contributed by atoms with Crippen molar-refractivity contribution < 1.29 is 9.53 Å². The van der Waals surface area contributed by atoms with Crippen LogP contribution >= 0.6 is 0 Å². The Labute approximate surface area is 94.0 Å². The first kappa shape index (κ1) is 12.1. The summed E-state index contributed by atoms with van der Waals surface area (Å²) in [4.78, 5) is 17.5. The number of H-pyrrole nitrogens is 1. The number of aromatic nitrogens is 2. The second-order valence-corrected chi connectivity index (χ2v) is 3.17. The van der Waals surface area contributed by atoms with Gasteiger partial charge >= 0.3 is 0 Å². The minimum absolute atomic E-state index is 0.472. The minimum atomic E-state index is 0.472. The van der Waals surface area contributed by atoms with Crippen LogP contribution in [0.1, 0.15) is 5.56 Å². The van der Waals surface area contributed by atoms with E-state index in [1.807, 2.05) is 6.07 Å². The highest BCUT2D eigenvalue weighted by molar-refractivity contribution is 6.11. The number of methoxy groups -OCH3 is 1. The molecule has 0 unspecified atom stereocenters. The summed E-state index contributed by atoms with van der Waals surface area (Å²) in [6.45, 7) is 3.65. The smallest absolute Gasteiger partial charge is 0.150 e. The second kappa shape index (κ2) is 5.82. The first-order valence-corrected chi connectivity index (χ1v) is 4.70. The molecule has 2 heterocycles. The molecular weight excluding hydrogens is 204 g/mol. The number of carbonyl (C=O) groups is 1. The number of pyridine rings is 1. The summed E-state index contributed by atoms with van der Waals surface area (Å²) in [5.41, 5.74) is 2.25. The minimum Gasteiger partial charge on any atom is -0.388 e. The Kier molecular flexibility index (Phi) is 4.42. The molecule has 0 saturated heterocycles. The molecule has 84 valence electrons. The number of hydrogen-bond donors (Lipinski definition) is 1. The van der Waals surface area contributed by atoms with E-state index >= 15 is 0 Å². The molecule has 4 nitrogen and oxygen atoms in total. The molecule has 0 amide bonds. The molecule has 0 saturated carbocycles. The van der Waals surface area contributed by atoms with Gasteiger partial charge in [-0.25, -0.2) is 0 Å². The molecule has 0 bridgehead atoms. The molecule has 0 fully saturated rings. The molecule has 0 aliphatic rings. The zero-order valence-electron chi connectivity index (χ0n) is 9.36. The maximum atomic E-state index is 10.5. The monoisotopic (exact) mass is 218 g/mol. The van der Waals surface area contributed by atoms with Gasteiger partial charge in [0.05, 0.1) is 0 Å². The van der Waals surface area contributed by atoms with E-state index in [-0.39, 0.29) is 0 Å². The van der Waals surface area contributed by atoms with Crippen LogP contribution in [0.15, 0.2) is 31.2 Å². The van der Waals surface area contributed by atoms with Crippen molar-refractivity contribution in [2.24, 2.45) is 0 Å². The molecule has 0 aliphatic carbocycles. The van der Waals surface area contributed by atoms with Crippen molar-refractivity contribution in [1.82, 2.24) is 9.97 Å². The Hall–Kier alpha value is -1.94. The number of rotatable bonds is 2. The van der Waals surface area contributed by atoms with Crippen molar-refractivity contribution >= 4 is 22.8 Å². The lowest BCUT2D eigenvalue weighted by Crippen LogP contribution is -1.80. The molecule has 2 rings (SSSR count). The van der Waals surface area contributed by atoms with E-state index in [1.165, 1.54) is 0 Å². The topological polar surface area (TPSA) is 55.0 Å². The van der Waals surface area contributed by atoms with Crippen LogP contribution in [0.5, 0.6) is 0 Å². The summed E-state index contributed by atoms with van der Waals surface area (Å²) < 4.78 is 4.25. The standard InChI is InChI=1S/C10H8N2O.C2H6O/c1-7(6-13)8-5-12-10-2-3-11-4-9(8)10;1-3-2/h2-6,12H,1H2;1-2H3. The number of aldehydes is 1. The van der Waals surface area contributed by atoms with E-state index < -0.39 is 0 Å². The number of ether oxygens (including phenoxy) is 1. The van der Waals surface area contributed by atoms with Gasteiger partial charge in [0, 0.05) is 54.8 Å². The average molecular weight is 218 g/mol. The van der Waals surface area contributed by atoms with E-state index in [0.717, 1.165) is 22.8 Å². The zero-order chi connectivity index (χ0) is 12.0. The molecule has 0 atom stereocenters. The van der Waals surface area contributed by atoms with Crippen LogP contribution in [0.25, 0.3) is 16.5 Å². The molecule has 1 N–H and O–H groups in total. The third-order valence-electron chi connectivity index (χ3n) is 1.97. The Bertz CT molecular complexity index is 488. The first-order chi connectivity index (χ1) is 7.74. The summed E-state index contributed by atoms with van der Waals surface area (Å²) in [5, 5.41) is 0.930. The maximum absolute atomic E-state index is 10.5. The molecule has 2 aromatic rings. The van der Waals surface area contributed by atoms with E-state index in [1.54, 1.807) is 32.8 Å². The van der Waals surface area contributed by atoms with Crippen molar-refractivity contribution in [3.63, 3.8) is 0 Å². The third-order valence-corrected chi connectivity index (χ3v) is 1.97. The van der Waals surface area contributed by atoms with Crippen molar-refractivity contribution in [2.75, 3.05) is 14.2 Å². The van der Waals surface area contributed by atoms with E-state index in [2.05, 4.69) is 21.3 Å². The fraction of sp³-hybridized carbons (Fsp3) is 0.167. The van der Waals surface area contributed by atoms with Gasteiger partial charge in [-0.05, 0) is 6.07 Å². The predicted octanol–water partition coefficient (Wildman–Crippen LogP) is 2.04. The van der Waals surface area contributed by atoms with Crippen LogP contribution in [0.4, 0.5) is 0 Å². The molecule has 0 aromatic carbocycles. The highest BCUT2D eigenvalue weighted by atomic mass is 16.4. The van der Waals surface area contributed by atoms with Crippen LogP contribution in [-0.2, 0) is 9.53 Å².